The molecule has 2 aromatic carbocycles. The Morgan fingerprint density at radius 2 is 1.80 bits per heavy atom. The van der Waals surface area contributed by atoms with E-state index in [9.17, 15) is 4.79 Å². The van der Waals surface area contributed by atoms with Gasteiger partial charge >= 0.3 is 0 Å². The Hall–Kier alpha value is -0.780. The van der Waals surface area contributed by atoms with Crippen molar-refractivity contribution in [2.75, 3.05) is 5.32 Å². The second kappa shape index (κ2) is 6.78. The SMILES string of the molecule is CCc1cc(Br)ccc1NC(=O)c1ccc(Br)cc1S. The predicted octanol–water partition coefficient (Wildman–Crippen LogP) is 5.32. The summed E-state index contributed by atoms with van der Waals surface area (Å²) in [5.41, 5.74) is 2.48. The first-order valence-electron chi connectivity index (χ1n) is 6.09. The predicted molar refractivity (Wildman–Crippen MR) is 92.9 cm³/mol. The third kappa shape index (κ3) is 3.65. The van der Waals surface area contributed by atoms with Gasteiger partial charge in [-0.05, 0) is 48.4 Å². The molecule has 0 saturated heterocycles. The van der Waals surface area contributed by atoms with Crippen LogP contribution >= 0.6 is 44.5 Å². The quantitative estimate of drug-likeness (QED) is 0.654. The molecule has 104 valence electrons. The van der Waals surface area contributed by atoms with Crippen LogP contribution in [0.1, 0.15) is 22.8 Å². The van der Waals surface area contributed by atoms with Gasteiger partial charge in [0.25, 0.3) is 5.91 Å². The number of anilines is 1. The summed E-state index contributed by atoms with van der Waals surface area (Å²) in [6.45, 7) is 2.06. The van der Waals surface area contributed by atoms with E-state index in [1.807, 2.05) is 24.3 Å². The molecule has 0 aromatic heterocycles. The molecule has 0 unspecified atom stereocenters. The van der Waals surface area contributed by atoms with E-state index < -0.39 is 0 Å². The zero-order valence-corrected chi connectivity index (χ0v) is 14.8. The van der Waals surface area contributed by atoms with Gasteiger partial charge in [-0.25, -0.2) is 0 Å². The Morgan fingerprint density at radius 1 is 1.15 bits per heavy atom. The largest absolute Gasteiger partial charge is 0.322 e. The highest BCUT2D eigenvalue weighted by Gasteiger charge is 2.12. The fraction of sp³-hybridized carbons (Fsp3) is 0.133. The minimum atomic E-state index is -0.153. The van der Waals surface area contributed by atoms with Gasteiger partial charge in [-0.15, -0.1) is 12.6 Å². The molecule has 0 radical (unpaired) electrons. The number of rotatable bonds is 3. The van der Waals surface area contributed by atoms with Gasteiger partial charge in [0.05, 0.1) is 5.56 Å². The molecule has 2 nitrogen and oxygen atoms in total. The van der Waals surface area contributed by atoms with Crippen LogP contribution in [0, 0.1) is 0 Å². The molecule has 1 N–H and O–H groups in total. The zero-order valence-electron chi connectivity index (χ0n) is 10.8. The summed E-state index contributed by atoms with van der Waals surface area (Å²) in [4.78, 5) is 13.0. The highest BCUT2D eigenvalue weighted by atomic mass is 79.9. The lowest BCUT2D eigenvalue weighted by molar-refractivity contribution is 0.102. The van der Waals surface area contributed by atoms with Gasteiger partial charge in [-0.2, -0.15) is 0 Å². The lowest BCUT2D eigenvalue weighted by Crippen LogP contribution is -2.14. The zero-order chi connectivity index (χ0) is 14.7. The van der Waals surface area contributed by atoms with Crippen molar-refractivity contribution in [2.24, 2.45) is 0 Å². The first-order chi connectivity index (χ1) is 9.51. The van der Waals surface area contributed by atoms with Crippen LogP contribution in [-0.4, -0.2) is 5.91 Å². The van der Waals surface area contributed by atoms with Gasteiger partial charge in [0.1, 0.15) is 0 Å². The molecule has 0 saturated carbocycles. The molecule has 20 heavy (non-hydrogen) atoms. The van der Waals surface area contributed by atoms with Gasteiger partial charge in [0, 0.05) is 19.5 Å². The molecule has 0 bridgehead atoms. The summed E-state index contributed by atoms with van der Waals surface area (Å²) < 4.78 is 1.91. The highest BCUT2D eigenvalue weighted by molar-refractivity contribution is 9.10. The van der Waals surface area contributed by atoms with E-state index in [0.717, 1.165) is 26.6 Å². The first kappa shape index (κ1) is 15.6. The van der Waals surface area contributed by atoms with Crippen molar-refractivity contribution in [3.8, 4) is 0 Å². The van der Waals surface area contributed by atoms with E-state index in [-0.39, 0.29) is 5.91 Å². The molecule has 2 aromatic rings. The van der Waals surface area contributed by atoms with Crippen molar-refractivity contribution in [3.05, 3.63) is 56.5 Å². The Bertz CT molecular complexity index is 658. The molecule has 0 fully saturated rings. The van der Waals surface area contributed by atoms with Crippen molar-refractivity contribution in [1.29, 1.82) is 0 Å². The van der Waals surface area contributed by atoms with E-state index in [4.69, 9.17) is 0 Å². The molecular formula is C15H13Br2NOS. The number of nitrogens with one attached hydrogen (secondary N) is 1. The standard InChI is InChI=1S/C15H13Br2NOS/c1-2-9-7-10(16)4-6-13(9)18-15(19)12-5-3-11(17)8-14(12)20/h3-8,20H,2H2,1H3,(H,18,19). The number of carbonyl (C=O) groups excluding carboxylic acids is 1. The number of thiol groups is 1. The molecule has 5 heteroatoms. The molecular weight excluding hydrogens is 402 g/mol. The van der Waals surface area contributed by atoms with Gasteiger partial charge in [0.15, 0.2) is 0 Å². The Labute approximate surface area is 140 Å². The molecule has 0 spiro atoms. The second-order valence-corrected chi connectivity index (χ2v) is 6.58. The maximum absolute atomic E-state index is 12.3. The smallest absolute Gasteiger partial charge is 0.256 e. The van der Waals surface area contributed by atoms with Crippen LogP contribution in [0.15, 0.2) is 50.2 Å². The summed E-state index contributed by atoms with van der Waals surface area (Å²) in [7, 11) is 0. The van der Waals surface area contributed by atoms with Crippen LogP contribution in [-0.2, 0) is 6.42 Å². The molecule has 2 rings (SSSR count). The number of aryl methyl sites for hydroxylation is 1. The van der Waals surface area contributed by atoms with Gasteiger partial charge in [-0.3, -0.25) is 4.79 Å². The summed E-state index contributed by atoms with van der Waals surface area (Å²) in [6.07, 6.45) is 0.850. The Balaban J connectivity index is 2.28. The van der Waals surface area contributed by atoms with E-state index >= 15 is 0 Å². The number of carbonyl (C=O) groups is 1. The van der Waals surface area contributed by atoms with Crippen LogP contribution in [0.2, 0.25) is 0 Å². The van der Waals surface area contributed by atoms with Gasteiger partial charge in [0.2, 0.25) is 0 Å². The van der Waals surface area contributed by atoms with Crippen LogP contribution in [0.4, 0.5) is 5.69 Å². The third-order valence-electron chi connectivity index (χ3n) is 2.90. The van der Waals surface area contributed by atoms with E-state index in [2.05, 4.69) is 56.7 Å². The fourth-order valence-electron chi connectivity index (χ4n) is 1.86. The monoisotopic (exact) mass is 413 g/mol. The van der Waals surface area contributed by atoms with Crippen LogP contribution in [0.25, 0.3) is 0 Å². The topological polar surface area (TPSA) is 29.1 Å². The van der Waals surface area contributed by atoms with E-state index in [1.54, 1.807) is 12.1 Å². The average Bonchev–Trinajstić information content (AvgIpc) is 2.40. The Morgan fingerprint density at radius 3 is 2.45 bits per heavy atom. The van der Waals surface area contributed by atoms with E-state index in [1.165, 1.54) is 0 Å². The third-order valence-corrected chi connectivity index (χ3v) is 4.26. The second-order valence-electron chi connectivity index (χ2n) is 4.27. The average molecular weight is 415 g/mol. The molecule has 0 heterocycles. The molecule has 0 aliphatic rings. The number of hydrogen-bond acceptors (Lipinski definition) is 2. The maximum atomic E-state index is 12.3. The van der Waals surface area contributed by atoms with Crippen molar-refractivity contribution in [1.82, 2.24) is 0 Å². The molecule has 1 amide bonds. The lowest BCUT2D eigenvalue weighted by Gasteiger charge is -2.11. The van der Waals surface area contributed by atoms with Crippen molar-refractivity contribution in [3.63, 3.8) is 0 Å². The Kier molecular flexibility index (Phi) is 5.29. The minimum absolute atomic E-state index is 0.153. The van der Waals surface area contributed by atoms with E-state index in [0.29, 0.717) is 10.5 Å². The number of halogens is 2. The lowest BCUT2D eigenvalue weighted by atomic mass is 10.1. The number of hydrogen-bond donors (Lipinski definition) is 2. The van der Waals surface area contributed by atoms with Crippen molar-refractivity contribution >= 4 is 56.1 Å². The summed E-state index contributed by atoms with van der Waals surface area (Å²) in [5.74, 6) is -0.153. The van der Waals surface area contributed by atoms with Crippen LogP contribution < -0.4 is 5.32 Å². The maximum Gasteiger partial charge on any atom is 0.256 e. The van der Waals surface area contributed by atoms with Crippen molar-refractivity contribution in [2.45, 2.75) is 18.2 Å². The van der Waals surface area contributed by atoms with Gasteiger partial charge in [-0.1, -0.05) is 38.8 Å². The van der Waals surface area contributed by atoms with Crippen LogP contribution in [0.5, 0.6) is 0 Å². The summed E-state index contributed by atoms with van der Waals surface area (Å²) in [5, 5.41) is 2.94. The van der Waals surface area contributed by atoms with Gasteiger partial charge < -0.3 is 5.32 Å². The normalized spacial score (nSPS) is 10.4. The fourth-order valence-corrected chi connectivity index (χ4v) is 3.12. The number of amides is 1. The molecule has 0 aliphatic carbocycles. The summed E-state index contributed by atoms with van der Waals surface area (Å²) >= 11 is 11.1. The first-order valence-corrected chi connectivity index (χ1v) is 8.13. The van der Waals surface area contributed by atoms with Crippen LogP contribution in [0.3, 0.4) is 0 Å². The van der Waals surface area contributed by atoms with Crippen molar-refractivity contribution < 1.29 is 4.79 Å². The molecule has 0 aliphatic heterocycles. The minimum Gasteiger partial charge on any atom is -0.322 e. The molecule has 0 atom stereocenters. The number of benzene rings is 2. The summed E-state index contributed by atoms with van der Waals surface area (Å²) in [6, 6.07) is 11.2. The highest BCUT2D eigenvalue weighted by Crippen LogP contribution is 2.24.